The van der Waals surface area contributed by atoms with E-state index in [4.69, 9.17) is 0 Å². The summed E-state index contributed by atoms with van der Waals surface area (Å²) < 4.78 is 40.2. The third-order valence-electron chi connectivity index (χ3n) is 7.80. The van der Waals surface area contributed by atoms with Crippen molar-refractivity contribution < 1.29 is 18.0 Å². The summed E-state index contributed by atoms with van der Waals surface area (Å²) in [6.45, 7) is 2.95. The molecule has 0 aromatic heterocycles. The molecule has 182 valence electrons. The molecule has 7 heteroatoms. The number of fused-ring (bicyclic) bond motifs is 3. The summed E-state index contributed by atoms with van der Waals surface area (Å²) in [6, 6.07) is 14.6. The van der Waals surface area contributed by atoms with E-state index in [1.807, 2.05) is 30.3 Å². The third kappa shape index (κ3) is 4.81. The van der Waals surface area contributed by atoms with Gasteiger partial charge in [-0.2, -0.15) is 13.2 Å². The highest BCUT2D eigenvalue weighted by Crippen LogP contribution is 2.40. The van der Waals surface area contributed by atoms with Crippen LogP contribution in [-0.2, 0) is 23.8 Å². The van der Waals surface area contributed by atoms with Crippen LogP contribution in [0.5, 0.6) is 0 Å². The Bertz CT molecular complexity index is 1000. The maximum Gasteiger partial charge on any atom is 0.416 e. The zero-order chi connectivity index (χ0) is 23.7. The fourth-order valence-electron chi connectivity index (χ4n) is 6.03. The van der Waals surface area contributed by atoms with Crippen LogP contribution in [0.1, 0.15) is 42.4 Å². The Morgan fingerprint density at radius 3 is 2.53 bits per heavy atom. The van der Waals surface area contributed by atoms with Gasteiger partial charge in [-0.15, -0.1) is 0 Å². The molecule has 34 heavy (non-hydrogen) atoms. The number of benzene rings is 2. The van der Waals surface area contributed by atoms with Gasteiger partial charge in [-0.25, -0.2) is 0 Å². The largest absolute Gasteiger partial charge is 0.416 e. The average molecular weight is 472 g/mol. The van der Waals surface area contributed by atoms with Gasteiger partial charge in [-0.05, 0) is 55.0 Å². The van der Waals surface area contributed by atoms with Crippen molar-refractivity contribution in [2.24, 2.45) is 5.92 Å². The first-order chi connectivity index (χ1) is 16.4. The van der Waals surface area contributed by atoms with Gasteiger partial charge in [0, 0.05) is 37.9 Å². The SMILES string of the molecule is O=C(NCCc1ccccc1)[C@@H]1Cc2cc(C(F)(F)F)ccc2N2CCN(C3CCCC3)C[C@H]12. The zero-order valence-electron chi connectivity index (χ0n) is 19.4. The van der Waals surface area contributed by atoms with Crippen LogP contribution >= 0.6 is 0 Å². The number of carbonyl (C=O) groups is 1. The van der Waals surface area contributed by atoms with Gasteiger partial charge in [-0.3, -0.25) is 9.69 Å². The number of hydrogen-bond acceptors (Lipinski definition) is 3. The summed E-state index contributed by atoms with van der Waals surface area (Å²) >= 11 is 0. The second-order valence-electron chi connectivity index (χ2n) is 9.87. The molecule has 2 aliphatic heterocycles. The second kappa shape index (κ2) is 9.61. The Morgan fingerprint density at radius 2 is 1.79 bits per heavy atom. The van der Waals surface area contributed by atoms with E-state index < -0.39 is 11.7 Å². The molecule has 2 aromatic rings. The number of nitrogens with zero attached hydrogens (tertiary/aromatic N) is 2. The van der Waals surface area contributed by atoms with E-state index in [1.54, 1.807) is 6.07 Å². The Morgan fingerprint density at radius 1 is 1.03 bits per heavy atom. The number of anilines is 1. The van der Waals surface area contributed by atoms with Gasteiger partial charge in [0.1, 0.15) is 0 Å². The fourth-order valence-corrected chi connectivity index (χ4v) is 6.03. The van der Waals surface area contributed by atoms with Crippen LogP contribution in [0.4, 0.5) is 18.9 Å². The number of piperazine rings is 1. The van der Waals surface area contributed by atoms with Crippen LogP contribution in [0.3, 0.4) is 0 Å². The molecule has 1 saturated heterocycles. The number of alkyl halides is 3. The minimum Gasteiger partial charge on any atom is -0.365 e. The monoisotopic (exact) mass is 471 g/mol. The molecule has 4 nitrogen and oxygen atoms in total. The predicted octanol–water partition coefficient (Wildman–Crippen LogP) is 4.67. The summed E-state index contributed by atoms with van der Waals surface area (Å²) in [6.07, 6.45) is 1.59. The summed E-state index contributed by atoms with van der Waals surface area (Å²) in [5, 5.41) is 3.09. The molecule has 0 unspecified atom stereocenters. The van der Waals surface area contributed by atoms with Crippen LogP contribution in [-0.4, -0.2) is 49.1 Å². The predicted molar refractivity (Wildman–Crippen MR) is 127 cm³/mol. The highest BCUT2D eigenvalue weighted by atomic mass is 19.4. The Labute approximate surface area is 199 Å². The van der Waals surface area contributed by atoms with Gasteiger partial charge in [0.15, 0.2) is 0 Å². The van der Waals surface area contributed by atoms with Crippen molar-refractivity contribution in [2.75, 3.05) is 31.1 Å². The Hall–Kier alpha value is -2.54. The standard InChI is InChI=1S/C27H32F3N3O/c28-27(29,30)21-10-11-24-20(16-21)17-23(26(34)31-13-12-19-6-2-1-3-7-19)25-18-32(14-15-33(24)25)22-8-4-5-9-22/h1-3,6-7,10-11,16,22-23,25H,4-5,8-9,12-15,17-18H2,(H,31,34)/t23-,25-/m1/s1. The number of halogens is 3. The van der Waals surface area contributed by atoms with Crippen molar-refractivity contribution in [3.63, 3.8) is 0 Å². The van der Waals surface area contributed by atoms with Gasteiger partial charge in [0.05, 0.1) is 17.5 Å². The third-order valence-corrected chi connectivity index (χ3v) is 7.80. The number of rotatable bonds is 5. The average Bonchev–Trinajstić information content (AvgIpc) is 3.38. The molecular formula is C27H32F3N3O. The summed E-state index contributed by atoms with van der Waals surface area (Å²) in [7, 11) is 0. The Balaban J connectivity index is 1.37. The molecule has 1 aliphatic carbocycles. The molecule has 2 heterocycles. The second-order valence-corrected chi connectivity index (χ2v) is 9.87. The van der Waals surface area contributed by atoms with Gasteiger partial charge < -0.3 is 10.2 Å². The van der Waals surface area contributed by atoms with Crippen molar-refractivity contribution in [3.05, 3.63) is 65.2 Å². The normalized spacial score (nSPS) is 23.4. The van der Waals surface area contributed by atoms with Crippen LogP contribution in [0.2, 0.25) is 0 Å². The summed E-state index contributed by atoms with van der Waals surface area (Å²) in [4.78, 5) is 18.1. The van der Waals surface area contributed by atoms with E-state index in [-0.39, 0.29) is 17.9 Å². The fraction of sp³-hybridized carbons (Fsp3) is 0.519. The molecule has 1 N–H and O–H groups in total. The number of nitrogens with one attached hydrogen (secondary N) is 1. The van der Waals surface area contributed by atoms with Crippen LogP contribution in [0, 0.1) is 5.92 Å². The van der Waals surface area contributed by atoms with E-state index in [0.29, 0.717) is 24.6 Å². The molecule has 2 aromatic carbocycles. The smallest absolute Gasteiger partial charge is 0.365 e. The summed E-state index contributed by atoms with van der Waals surface area (Å²) in [5.74, 6) is -0.418. The first-order valence-corrected chi connectivity index (χ1v) is 12.4. The maximum atomic E-state index is 13.4. The molecule has 1 amide bonds. The van der Waals surface area contributed by atoms with E-state index >= 15 is 0 Å². The minimum absolute atomic E-state index is 0.0182. The van der Waals surface area contributed by atoms with Gasteiger partial charge >= 0.3 is 6.18 Å². The zero-order valence-corrected chi connectivity index (χ0v) is 19.4. The first kappa shape index (κ1) is 23.2. The number of amides is 1. The summed E-state index contributed by atoms with van der Waals surface area (Å²) in [5.41, 5.74) is 2.00. The lowest BCUT2D eigenvalue weighted by Crippen LogP contribution is -2.62. The van der Waals surface area contributed by atoms with Crippen LogP contribution < -0.4 is 10.2 Å². The lowest BCUT2D eigenvalue weighted by atomic mass is 9.82. The van der Waals surface area contributed by atoms with Crippen molar-refractivity contribution in [2.45, 2.75) is 56.8 Å². The first-order valence-electron chi connectivity index (χ1n) is 12.4. The molecule has 0 radical (unpaired) electrons. The molecule has 0 bridgehead atoms. The van der Waals surface area contributed by atoms with E-state index in [1.165, 1.54) is 37.8 Å². The molecule has 2 atom stereocenters. The lowest BCUT2D eigenvalue weighted by Gasteiger charge is -2.50. The van der Waals surface area contributed by atoms with Crippen LogP contribution in [0.15, 0.2) is 48.5 Å². The lowest BCUT2D eigenvalue weighted by molar-refractivity contribution is -0.137. The molecular weight excluding hydrogens is 439 g/mol. The number of hydrogen-bond donors (Lipinski definition) is 1. The van der Waals surface area contributed by atoms with Crippen molar-refractivity contribution in [1.82, 2.24) is 10.2 Å². The number of carbonyl (C=O) groups excluding carboxylic acids is 1. The maximum absolute atomic E-state index is 13.4. The molecule has 2 fully saturated rings. The van der Waals surface area contributed by atoms with E-state index in [9.17, 15) is 18.0 Å². The van der Waals surface area contributed by atoms with Gasteiger partial charge in [-0.1, -0.05) is 43.2 Å². The quantitative estimate of drug-likeness (QED) is 0.689. The molecule has 3 aliphatic rings. The molecule has 1 saturated carbocycles. The van der Waals surface area contributed by atoms with Crippen LogP contribution in [0.25, 0.3) is 0 Å². The molecule has 5 rings (SSSR count). The Kier molecular flexibility index (Phi) is 6.56. The van der Waals surface area contributed by atoms with Gasteiger partial charge in [0.25, 0.3) is 0 Å². The van der Waals surface area contributed by atoms with Crippen molar-refractivity contribution >= 4 is 11.6 Å². The minimum atomic E-state index is -4.39. The highest BCUT2D eigenvalue weighted by molar-refractivity contribution is 5.82. The van der Waals surface area contributed by atoms with Crippen molar-refractivity contribution in [3.8, 4) is 0 Å². The highest BCUT2D eigenvalue weighted by Gasteiger charge is 2.43. The van der Waals surface area contributed by atoms with E-state index in [2.05, 4.69) is 15.1 Å². The van der Waals surface area contributed by atoms with E-state index in [0.717, 1.165) is 37.3 Å². The topological polar surface area (TPSA) is 35.6 Å². The van der Waals surface area contributed by atoms with Gasteiger partial charge in [0.2, 0.25) is 5.91 Å². The van der Waals surface area contributed by atoms with Crippen molar-refractivity contribution in [1.29, 1.82) is 0 Å². The molecule has 0 spiro atoms.